The summed E-state index contributed by atoms with van der Waals surface area (Å²) in [4.78, 5) is 30.6. The summed E-state index contributed by atoms with van der Waals surface area (Å²) in [6.07, 6.45) is 1.46. The molecule has 0 radical (unpaired) electrons. The lowest BCUT2D eigenvalue weighted by Crippen LogP contribution is -2.55. The molecule has 0 aliphatic carbocycles. The van der Waals surface area contributed by atoms with Crippen LogP contribution in [0.25, 0.3) is 0 Å². The van der Waals surface area contributed by atoms with Crippen LogP contribution in [0.15, 0.2) is 72.8 Å². The van der Waals surface area contributed by atoms with Crippen molar-refractivity contribution < 1.29 is 18.0 Å². The molecule has 3 aromatic carbocycles. The van der Waals surface area contributed by atoms with Crippen LogP contribution in [0.2, 0.25) is 0 Å². The minimum absolute atomic E-state index is 0.171. The number of piperazine rings is 1. The highest BCUT2D eigenvalue weighted by atomic mass is 32.2. The highest BCUT2D eigenvalue weighted by Crippen LogP contribution is 2.27. The second-order valence-electron chi connectivity index (χ2n) is 9.51. The molecule has 9 nitrogen and oxygen atoms in total. The molecule has 1 aliphatic rings. The molecule has 0 aromatic heterocycles. The van der Waals surface area contributed by atoms with Crippen LogP contribution < -0.4 is 20.7 Å². The van der Waals surface area contributed by atoms with Crippen LogP contribution in [0.5, 0.6) is 0 Å². The normalized spacial score (nSPS) is 14.6. The van der Waals surface area contributed by atoms with Crippen molar-refractivity contribution in [1.29, 1.82) is 0 Å². The largest absolute Gasteiger partial charge is 0.398 e. The maximum atomic E-state index is 13.7. The van der Waals surface area contributed by atoms with Gasteiger partial charge < -0.3 is 20.9 Å². The summed E-state index contributed by atoms with van der Waals surface area (Å²) in [5.41, 5.74) is 9.99. The number of amides is 2. The van der Waals surface area contributed by atoms with Crippen molar-refractivity contribution in [1.82, 2.24) is 10.2 Å². The van der Waals surface area contributed by atoms with E-state index in [0.29, 0.717) is 49.5 Å². The number of para-hydroxylation sites is 3. The van der Waals surface area contributed by atoms with Crippen molar-refractivity contribution in [3.63, 3.8) is 0 Å². The Morgan fingerprint density at radius 2 is 1.55 bits per heavy atom. The van der Waals surface area contributed by atoms with Crippen LogP contribution in [0.3, 0.4) is 0 Å². The molecule has 0 unspecified atom stereocenters. The van der Waals surface area contributed by atoms with Crippen LogP contribution in [-0.2, 0) is 21.2 Å². The van der Waals surface area contributed by atoms with Crippen molar-refractivity contribution in [2.24, 2.45) is 0 Å². The van der Waals surface area contributed by atoms with Gasteiger partial charge >= 0.3 is 0 Å². The third-order valence-electron chi connectivity index (χ3n) is 6.50. The standard InChI is InChI=1S/C28H33N5O4S/c1-20-11-13-21(14-12-20)19-25(30-27(34)22-7-3-4-8-23(22)29)28(35)33-17-15-32(16-18-33)26-10-6-5-9-24(26)31-38(2,36)37/h3-14,25,31H,15-19,29H2,1-2H3,(H,30,34)/t25-/m1/s1. The number of nitrogens with one attached hydrogen (secondary N) is 2. The molecule has 1 atom stereocenters. The van der Waals surface area contributed by atoms with Gasteiger partial charge in [0.15, 0.2) is 0 Å². The number of rotatable bonds is 8. The van der Waals surface area contributed by atoms with Gasteiger partial charge in [0.1, 0.15) is 6.04 Å². The van der Waals surface area contributed by atoms with Crippen molar-refractivity contribution in [2.45, 2.75) is 19.4 Å². The molecule has 1 aliphatic heterocycles. The highest BCUT2D eigenvalue weighted by Gasteiger charge is 2.30. The highest BCUT2D eigenvalue weighted by molar-refractivity contribution is 7.92. The number of nitrogens with two attached hydrogens (primary N) is 1. The molecule has 2 amide bonds. The van der Waals surface area contributed by atoms with Crippen molar-refractivity contribution in [3.05, 3.63) is 89.5 Å². The summed E-state index contributed by atoms with van der Waals surface area (Å²) in [5, 5.41) is 2.91. The first-order valence-corrected chi connectivity index (χ1v) is 14.3. The lowest BCUT2D eigenvalue weighted by Gasteiger charge is -2.38. The molecule has 0 bridgehead atoms. The van der Waals surface area contributed by atoms with Crippen LogP contribution in [-0.4, -0.2) is 63.6 Å². The van der Waals surface area contributed by atoms with E-state index in [9.17, 15) is 18.0 Å². The molecule has 4 rings (SSSR count). The fourth-order valence-electron chi connectivity index (χ4n) is 4.52. The van der Waals surface area contributed by atoms with Crippen molar-refractivity contribution in [3.8, 4) is 0 Å². The lowest BCUT2D eigenvalue weighted by molar-refractivity contribution is -0.133. The minimum atomic E-state index is -3.43. The van der Waals surface area contributed by atoms with E-state index in [2.05, 4.69) is 14.9 Å². The third kappa shape index (κ3) is 6.83. The Morgan fingerprint density at radius 3 is 2.21 bits per heavy atom. The zero-order chi connectivity index (χ0) is 27.3. The first-order valence-electron chi connectivity index (χ1n) is 12.4. The van der Waals surface area contributed by atoms with Gasteiger partial charge in [0, 0.05) is 38.3 Å². The molecular formula is C28H33N5O4S. The van der Waals surface area contributed by atoms with Gasteiger partial charge in [-0.1, -0.05) is 54.1 Å². The predicted octanol–water partition coefficient (Wildman–Crippen LogP) is 2.64. The topological polar surface area (TPSA) is 125 Å². The molecule has 3 aromatic rings. The summed E-state index contributed by atoms with van der Waals surface area (Å²) in [6, 6.07) is 21.1. The SMILES string of the molecule is Cc1ccc(C[C@@H](NC(=O)c2ccccc2N)C(=O)N2CCN(c3ccccc3NS(C)(=O)=O)CC2)cc1. The maximum Gasteiger partial charge on any atom is 0.254 e. The number of nitrogen functional groups attached to an aromatic ring is 1. The summed E-state index contributed by atoms with van der Waals surface area (Å²) in [6.45, 7) is 3.89. The van der Waals surface area contributed by atoms with Crippen LogP contribution in [0, 0.1) is 6.92 Å². The van der Waals surface area contributed by atoms with Gasteiger partial charge in [0.05, 0.1) is 23.2 Å². The molecule has 0 spiro atoms. The number of benzene rings is 3. The van der Waals surface area contributed by atoms with Gasteiger partial charge in [-0.25, -0.2) is 8.42 Å². The van der Waals surface area contributed by atoms with Gasteiger partial charge in [0.25, 0.3) is 5.91 Å². The van der Waals surface area contributed by atoms with Crippen molar-refractivity contribution >= 4 is 38.9 Å². The maximum absolute atomic E-state index is 13.7. The van der Waals surface area contributed by atoms with E-state index in [1.165, 1.54) is 0 Å². The Hall–Kier alpha value is -4.05. The van der Waals surface area contributed by atoms with E-state index in [4.69, 9.17) is 5.73 Å². The first kappa shape index (κ1) is 27.0. The van der Waals surface area contributed by atoms with Crippen molar-refractivity contribution in [2.75, 3.05) is 47.8 Å². The number of sulfonamides is 1. The van der Waals surface area contributed by atoms with Gasteiger partial charge in [0.2, 0.25) is 15.9 Å². The van der Waals surface area contributed by atoms with E-state index in [1.54, 1.807) is 41.3 Å². The lowest BCUT2D eigenvalue weighted by atomic mass is 10.0. The number of carbonyl (C=O) groups excluding carboxylic acids is 2. The van der Waals surface area contributed by atoms with Crippen LogP contribution >= 0.6 is 0 Å². The minimum Gasteiger partial charge on any atom is -0.398 e. The third-order valence-corrected chi connectivity index (χ3v) is 7.09. The van der Waals surface area contributed by atoms with Gasteiger partial charge in [-0.2, -0.15) is 0 Å². The summed E-state index contributed by atoms with van der Waals surface area (Å²) in [5.74, 6) is -0.566. The predicted molar refractivity (Wildman–Crippen MR) is 151 cm³/mol. The summed E-state index contributed by atoms with van der Waals surface area (Å²) < 4.78 is 26.2. The quantitative estimate of drug-likeness (QED) is 0.381. The summed E-state index contributed by atoms with van der Waals surface area (Å²) >= 11 is 0. The van der Waals surface area contributed by atoms with E-state index in [1.807, 2.05) is 43.3 Å². The molecule has 200 valence electrons. The number of carbonyl (C=O) groups is 2. The zero-order valence-electron chi connectivity index (χ0n) is 21.6. The second kappa shape index (κ2) is 11.6. The number of aryl methyl sites for hydroxylation is 1. The average molecular weight is 536 g/mol. The second-order valence-corrected chi connectivity index (χ2v) is 11.3. The van der Waals surface area contributed by atoms with E-state index in [-0.39, 0.29) is 5.91 Å². The number of anilines is 3. The monoisotopic (exact) mass is 535 g/mol. The van der Waals surface area contributed by atoms with Crippen LogP contribution in [0.4, 0.5) is 17.1 Å². The molecule has 1 saturated heterocycles. The van der Waals surface area contributed by atoms with Gasteiger partial charge in [-0.3, -0.25) is 14.3 Å². The first-order chi connectivity index (χ1) is 18.1. The fourth-order valence-corrected chi connectivity index (χ4v) is 5.10. The Balaban J connectivity index is 1.49. The number of hydrogen-bond donors (Lipinski definition) is 3. The zero-order valence-corrected chi connectivity index (χ0v) is 22.4. The smallest absolute Gasteiger partial charge is 0.254 e. The Morgan fingerprint density at radius 1 is 0.921 bits per heavy atom. The van der Waals surface area contributed by atoms with Gasteiger partial charge in [-0.05, 0) is 36.8 Å². The van der Waals surface area contributed by atoms with E-state index < -0.39 is 22.0 Å². The molecule has 1 heterocycles. The molecular weight excluding hydrogens is 502 g/mol. The molecule has 1 fully saturated rings. The number of nitrogens with zero attached hydrogens (tertiary/aromatic N) is 2. The Kier molecular flexibility index (Phi) is 8.21. The number of hydrogen-bond acceptors (Lipinski definition) is 6. The van der Waals surface area contributed by atoms with E-state index >= 15 is 0 Å². The molecule has 38 heavy (non-hydrogen) atoms. The Labute approximate surface area is 223 Å². The molecule has 0 saturated carbocycles. The summed E-state index contributed by atoms with van der Waals surface area (Å²) in [7, 11) is -3.43. The fraction of sp³-hybridized carbons (Fsp3) is 0.286. The van der Waals surface area contributed by atoms with E-state index in [0.717, 1.165) is 23.1 Å². The molecule has 10 heteroatoms. The van der Waals surface area contributed by atoms with Crippen LogP contribution in [0.1, 0.15) is 21.5 Å². The van der Waals surface area contributed by atoms with Gasteiger partial charge in [-0.15, -0.1) is 0 Å². The average Bonchev–Trinajstić information content (AvgIpc) is 2.89. The Bertz CT molecular complexity index is 1400. The molecule has 4 N–H and O–H groups in total.